The highest BCUT2D eigenvalue weighted by Gasteiger charge is 2.38. The van der Waals surface area contributed by atoms with Gasteiger partial charge in [-0.25, -0.2) is 0 Å². The highest BCUT2D eigenvalue weighted by molar-refractivity contribution is 7.86. The van der Waals surface area contributed by atoms with Crippen LogP contribution >= 0.6 is 12.4 Å². The zero-order valence-corrected chi connectivity index (χ0v) is 11.8. The number of halogens is 1. The lowest BCUT2D eigenvalue weighted by Gasteiger charge is -2.30. The smallest absolute Gasteiger partial charge is 0.282 e. The van der Waals surface area contributed by atoms with Crippen molar-refractivity contribution >= 4 is 22.6 Å². The molecule has 7 heteroatoms. The third-order valence-corrected chi connectivity index (χ3v) is 5.57. The van der Waals surface area contributed by atoms with E-state index < -0.39 is 10.2 Å². The van der Waals surface area contributed by atoms with E-state index in [4.69, 9.17) is 5.73 Å². The normalized spacial score (nSPS) is 32.4. The van der Waals surface area contributed by atoms with Crippen molar-refractivity contribution in [1.29, 1.82) is 0 Å². The molecular formula is C10H22ClN3O2S. The Bertz CT molecular complexity index is 333. The summed E-state index contributed by atoms with van der Waals surface area (Å²) in [5.74, 6) is 0.263. The minimum atomic E-state index is -3.24. The Kier molecular flexibility index (Phi) is 5.21. The second kappa shape index (κ2) is 5.84. The van der Waals surface area contributed by atoms with E-state index in [-0.39, 0.29) is 24.4 Å². The fourth-order valence-electron chi connectivity index (χ4n) is 2.39. The van der Waals surface area contributed by atoms with E-state index in [1.807, 2.05) is 6.92 Å². The molecule has 0 saturated carbocycles. The van der Waals surface area contributed by atoms with Gasteiger partial charge in [0.1, 0.15) is 0 Å². The van der Waals surface area contributed by atoms with Crippen molar-refractivity contribution in [3.8, 4) is 0 Å². The van der Waals surface area contributed by atoms with Gasteiger partial charge in [0.2, 0.25) is 0 Å². The Morgan fingerprint density at radius 1 is 1.06 bits per heavy atom. The molecule has 2 heterocycles. The molecule has 2 fully saturated rings. The predicted molar refractivity (Wildman–Crippen MR) is 70.3 cm³/mol. The monoisotopic (exact) mass is 283 g/mol. The molecule has 5 nitrogen and oxygen atoms in total. The van der Waals surface area contributed by atoms with Crippen molar-refractivity contribution in [3.63, 3.8) is 0 Å². The van der Waals surface area contributed by atoms with Gasteiger partial charge in [0.25, 0.3) is 10.2 Å². The maximum absolute atomic E-state index is 12.3. The zero-order chi connectivity index (χ0) is 11.8. The quantitative estimate of drug-likeness (QED) is 0.799. The van der Waals surface area contributed by atoms with Crippen molar-refractivity contribution in [1.82, 2.24) is 8.61 Å². The molecule has 0 amide bonds. The summed E-state index contributed by atoms with van der Waals surface area (Å²) in [6.07, 6.45) is 3.10. The Labute approximate surface area is 110 Å². The fourth-order valence-corrected chi connectivity index (χ4v) is 4.22. The van der Waals surface area contributed by atoms with Gasteiger partial charge < -0.3 is 5.73 Å². The van der Waals surface area contributed by atoms with Gasteiger partial charge >= 0.3 is 0 Å². The number of rotatable bonds is 2. The molecule has 2 aliphatic heterocycles. The van der Waals surface area contributed by atoms with Crippen molar-refractivity contribution < 1.29 is 8.42 Å². The van der Waals surface area contributed by atoms with Gasteiger partial charge in [0.15, 0.2) is 0 Å². The average molecular weight is 284 g/mol. The van der Waals surface area contributed by atoms with Crippen LogP contribution in [0.15, 0.2) is 0 Å². The Balaban J connectivity index is 0.00000144. The molecule has 0 aromatic carbocycles. The molecule has 0 aromatic heterocycles. The summed E-state index contributed by atoms with van der Waals surface area (Å²) in [5.41, 5.74) is 5.87. The summed E-state index contributed by atoms with van der Waals surface area (Å²) in [6, 6.07) is -0.0143. The van der Waals surface area contributed by atoms with Crippen LogP contribution in [0.5, 0.6) is 0 Å². The van der Waals surface area contributed by atoms with E-state index in [0.717, 1.165) is 19.3 Å². The number of nitrogens with zero attached hydrogens (tertiary/aromatic N) is 2. The molecule has 2 rings (SSSR count). The van der Waals surface area contributed by atoms with E-state index in [0.29, 0.717) is 26.2 Å². The number of nitrogens with two attached hydrogens (primary N) is 1. The van der Waals surface area contributed by atoms with Crippen LogP contribution in [0, 0.1) is 5.92 Å². The third-order valence-electron chi connectivity index (χ3n) is 3.60. The van der Waals surface area contributed by atoms with Crippen LogP contribution in [-0.4, -0.2) is 49.2 Å². The Hall–Kier alpha value is 0.120. The Morgan fingerprint density at radius 2 is 1.65 bits per heavy atom. The van der Waals surface area contributed by atoms with Gasteiger partial charge in [0, 0.05) is 32.2 Å². The summed E-state index contributed by atoms with van der Waals surface area (Å²) in [6.45, 7) is 4.39. The molecule has 0 bridgehead atoms. The molecule has 2 saturated heterocycles. The molecule has 0 aliphatic carbocycles. The lowest BCUT2D eigenvalue weighted by atomic mass is 10.1. The standard InChI is InChI=1S/C10H21N3O2S.ClH/c1-9-7-13(8-10(9)11)16(14,15)12-5-3-2-4-6-12;/h9-10H,2-8,11H2,1H3;1H. The summed E-state index contributed by atoms with van der Waals surface area (Å²) in [7, 11) is -3.24. The van der Waals surface area contributed by atoms with Crippen molar-refractivity contribution in [3.05, 3.63) is 0 Å². The molecule has 17 heavy (non-hydrogen) atoms. The maximum atomic E-state index is 12.3. The first kappa shape index (κ1) is 15.2. The fraction of sp³-hybridized carbons (Fsp3) is 1.00. The van der Waals surface area contributed by atoms with E-state index >= 15 is 0 Å². The minimum absolute atomic E-state index is 0. The van der Waals surface area contributed by atoms with Crippen LogP contribution in [-0.2, 0) is 10.2 Å². The molecule has 102 valence electrons. The van der Waals surface area contributed by atoms with Crippen molar-refractivity contribution in [2.75, 3.05) is 26.2 Å². The Morgan fingerprint density at radius 3 is 2.12 bits per heavy atom. The van der Waals surface area contributed by atoms with Gasteiger partial charge in [-0.1, -0.05) is 13.3 Å². The van der Waals surface area contributed by atoms with Crippen LogP contribution in [0.4, 0.5) is 0 Å². The molecular weight excluding hydrogens is 262 g/mol. The molecule has 2 aliphatic rings. The predicted octanol–water partition coefficient (Wildman–Crippen LogP) is 0.418. The van der Waals surface area contributed by atoms with Crippen molar-refractivity contribution in [2.24, 2.45) is 11.7 Å². The summed E-state index contributed by atoms with van der Waals surface area (Å²) in [5, 5.41) is 0. The molecule has 0 radical (unpaired) electrons. The molecule has 0 spiro atoms. The van der Waals surface area contributed by atoms with Crippen LogP contribution in [0.3, 0.4) is 0 Å². The van der Waals surface area contributed by atoms with Crippen LogP contribution in [0.1, 0.15) is 26.2 Å². The second-order valence-electron chi connectivity index (χ2n) is 4.93. The first-order chi connectivity index (χ1) is 7.51. The highest BCUT2D eigenvalue weighted by atomic mass is 35.5. The van der Waals surface area contributed by atoms with Gasteiger partial charge in [-0.3, -0.25) is 0 Å². The second-order valence-corrected chi connectivity index (χ2v) is 6.85. The van der Waals surface area contributed by atoms with Gasteiger partial charge in [0.05, 0.1) is 0 Å². The minimum Gasteiger partial charge on any atom is -0.326 e. The van der Waals surface area contributed by atoms with E-state index in [1.165, 1.54) is 0 Å². The van der Waals surface area contributed by atoms with Crippen molar-refractivity contribution in [2.45, 2.75) is 32.2 Å². The summed E-state index contributed by atoms with van der Waals surface area (Å²) < 4.78 is 27.7. The average Bonchev–Trinajstić information content (AvgIpc) is 2.61. The lowest BCUT2D eigenvalue weighted by molar-refractivity contribution is 0.314. The number of hydrogen-bond donors (Lipinski definition) is 1. The third kappa shape index (κ3) is 3.12. The maximum Gasteiger partial charge on any atom is 0.282 e. The first-order valence-electron chi connectivity index (χ1n) is 6.02. The first-order valence-corrected chi connectivity index (χ1v) is 7.42. The van der Waals surface area contributed by atoms with E-state index in [2.05, 4.69) is 0 Å². The lowest BCUT2D eigenvalue weighted by Crippen LogP contribution is -2.45. The molecule has 2 atom stereocenters. The van der Waals surface area contributed by atoms with Crippen LogP contribution in [0.2, 0.25) is 0 Å². The van der Waals surface area contributed by atoms with Gasteiger partial charge in [-0.2, -0.15) is 17.0 Å². The van der Waals surface area contributed by atoms with E-state index in [1.54, 1.807) is 8.61 Å². The number of hydrogen-bond acceptors (Lipinski definition) is 3. The zero-order valence-electron chi connectivity index (χ0n) is 10.2. The highest BCUT2D eigenvalue weighted by Crippen LogP contribution is 2.22. The largest absolute Gasteiger partial charge is 0.326 e. The molecule has 2 N–H and O–H groups in total. The topological polar surface area (TPSA) is 66.6 Å². The van der Waals surface area contributed by atoms with Gasteiger partial charge in [-0.15, -0.1) is 12.4 Å². The SMILES string of the molecule is CC1CN(S(=O)(=O)N2CCCCC2)CC1N.Cl. The molecule has 2 unspecified atom stereocenters. The van der Waals surface area contributed by atoms with Crippen LogP contribution < -0.4 is 5.73 Å². The summed E-state index contributed by atoms with van der Waals surface area (Å²) in [4.78, 5) is 0. The van der Waals surface area contributed by atoms with Crippen LogP contribution in [0.25, 0.3) is 0 Å². The van der Waals surface area contributed by atoms with E-state index in [9.17, 15) is 8.42 Å². The number of piperidine rings is 1. The molecule has 0 aromatic rings. The van der Waals surface area contributed by atoms with Gasteiger partial charge in [-0.05, 0) is 18.8 Å². The summed E-state index contributed by atoms with van der Waals surface area (Å²) >= 11 is 0.